The molecule has 1 N–H and O–H groups in total. The summed E-state index contributed by atoms with van der Waals surface area (Å²) in [6, 6.07) is 8.40. The van der Waals surface area contributed by atoms with Gasteiger partial charge in [-0.05, 0) is 24.7 Å². The summed E-state index contributed by atoms with van der Waals surface area (Å²) in [4.78, 5) is 1.20. The van der Waals surface area contributed by atoms with Crippen molar-refractivity contribution in [1.29, 1.82) is 0 Å². The molecule has 0 heterocycles. The SMILES string of the molecule is CNCc1ccc(SC/C(Cl)=C/Cl)cc1. The molecule has 0 bridgehead atoms. The second kappa shape index (κ2) is 7.18. The largest absolute Gasteiger partial charge is 0.316 e. The van der Waals surface area contributed by atoms with Crippen LogP contribution in [0.5, 0.6) is 0 Å². The molecule has 1 nitrogen and oxygen atoms in total. The Morgan fingerprint density at radius 2 is 2.07 bits per heavy atom. The minimum Gasteiger partial charge on any atom is -0.316 e. The molecular weight excluding hydrogens is 249 g/mol. The second-order valence-electron chi connectivity index (χ2n) is 3.02. The molecule has 1 aromatic carbocycles. The Morgan fingerprint density at radius 1 is 1.40 bits per heavy atom. The zero-order valence-corrected chi connectivity index (χ0v) is 10.8. The van der Waals surface area contributed by atoms with Crippen LogP contribution in [0, 0.1) is 0 Å². The molecular formula is C11H13Cl2NS. The fraction of sp³-hybridized carbons (Fsp3) is 0.273. The molecule has 15 heavy (non-hydrogen) atoms. The lowest BCUT2D eigenvalue weighted by atomic mass is 10.2. The Labute approximate surface area is 105 Å². The number of rotatable bonds is 5. The van der Waals surface area contributed by atoms with E-state index in [1.54, 1.807) is 11.8 Å². The van der Waals surface area contributed by atoms with Crippen LogP contribution in [0.4, 0.5) is 0 Å². The maximum Gasteiger partial charge on any atom is 0.0396 e. The van der Waals surface area contributed by atoms with E-state index in [1.807, 2.05) is 7.05 Å². The summed E-state index contributed by atoms with van der Waals surface area (Å²) < 4.78 is 0. The van der Waals surface area contributed by atoms with Crippen LogP contribution in [0.1, 0.15) is 5.56 Å². The maximum atomic E-state index is 5.79. The van der Waals surface area contributed by atoms with Gasteiger partial charge >= 0.3 is 0 Å². The van der Waals surface area contributed by atoms with Crippen molar-refractivity contribution in [3.8, 4) is 0 Å². The lowest BCUT2D eigenvalue weighted by Gasteiger charge is -2.03. The molecule has 0 spiro atoms. The van der Waals surface area contributed by atoms with Crippen molar-refractivity contribution in [2.45, 2.75) is 11.4 Å². The molecule has 0 fully saturated rings. The van der Waals surface area contributed by atoms with Crippen molar-refractivity contribution in [2.24, 2.45) is 0 Å². The van der Waals surface area contributed by atoms with Crippen molar-refractivity contribution in [3.05, 3.63) is 40.4 Å². The van der Waals surface area contributed by atoms with Crippen LogP contribution in [0.3, 0.4) is 0 Å². The minimum atomic E-state index is 0.668. The van der Waals surface area contributed by atoms with E-state index < -0.39 is 0 Å². The van der Waals surface area contributed by atoms with Crippen LogP contribution in [-0.4, -0.2) is 12.8 Å². The first-order valence-electron chi connectivity index (χ1n) is 4.57. The lowest BCUT2D eigenvalue weighted by Crippen LogP contribution is -2.04. The number of thioether (sulfide) groups is 1. The average molecular weight is 262 g/mol. The molecule has 1 aromatic rings. The first kappa shape index (κ1) is 12.9. The Bertz CT molecular complexity index is 322. The molecule has 0 aliphatic carbocycles. The van der Waals surface area contributed by atoms with Gasteiger partial charge in [-0.25, -0.2) is 0 Å². The van der Waals surface area contributed by atoms with E-state index in [-0.39, 0.29) is 0 Å². The summed E-state index contributed by atoms with van der Waals surface area (Å²) in [6.07, 6.45) is 0. The molecule has 0 aliphatic heterocycles. The quantitative estimate of drug-likeness (QED) is 0.810. The van der Waals surface area contributed by atoms with Gasteiger partial charge in [-0.3, -0.25) is 0 Å². The Hall–Kier alpha value is -0.150. The van der Waals surface area contributed by atoms with E-state index in [0.29, 0.717) is 5.03 Å². The minimum absolute atomic E-state index is 0.668. The molecule has 82 valence electrons. The molecule has 4 heteroatoms. The van der Waals surface area contributed by atoms with Crippen molar-refractivity contribution in [3.63, 3.8) is 0 Å². The molecule has 0 radical (unpaired) electrons. The van der Waals surface area contributed by atoms with Crippen LogP contribution in [0.15, 0.2) is 39.7 Å². The van der Waals surface area contributed by atoms with Crippen LogP contribution in [0.25, 0.3) is 0 Å². The van der Waals surface area contributed by atoms with Gasteiger partial charge < -0.3 is 5.32 Å². The van der Waals surface area contributed by atoms with Gasteiger partial charge in [0.25, 0.3) is 0 Å². The van der Waals surface area contributed by atoms with E-state index in [0.717, 1.165) is 12.3 Å². The fourth-order valence-electron chi connectivity index (χ4n) is 1.09. The first-order chi connectivity index (χ1) is 7.26. The highest BCUT2D eigenvalue weighted by Crippen LogP contribution is 2.22. The van der Waals surface area contributed by atoms with Crippen molar-refractivity contribution < 1.29 is 0 Å². The summed E-state index contributed by atoms with van der Waals surface area (Å²) in [5.41, 5.74) is 2.69. The third kappa shape index (κ3) is 4.94. The first-order valence-corrected chi connectivity index (χ1v) is 6.37. The lowest BCUT2D eigenvalue weighted by molar-refractivity contribution is 0.817. The third-order valence-corrected chi connectivity index (χ3v) is 3.64. The predicted molar refractivity (Wildman–Crippen MR) is 69.7 cm³/mol. The molecule has 0 atom stereocenters. The monoisotopic (exact) mass is 261 g/mol. The molecule has 1 rings (SSSR count). The van der Waals surface area contributed by atoms with E-state index in [2.05, 4.69) is 29.6 Å². The topological polar surface area (TPSA) is 12.0 Å². The smallest absolute Gasteiger partial charge is 0.0396 e. The molecule has 0 saturated carbocycles. The molecule has 0 unspecified atom stereocenters. The number of benzene rings is 1. The van der Waals surface area contributed by atoms with E-state index in [4.69, 9.17) is 23.2 Å². The Balaban J connectivity index is 2.49. The zero-order chi connectivity index (χ0) is 11.1. The number of hydrogen-bond acceptors (Lipinski definition) is 2. The van der Waals surface area contributed by atoms with Crippen molar-refractivity contribution in [1.82, 2.24) is 5.32 Å². The molecule has 0 amide bonds. The number of hydrogen-bond donors (Lipinski definition) is 1. The van der Waals surface area contributed by atoms with Crippen molar-refractivity contribution >= 4 is 35.0 Å². The van der Waals surface area contributed by atoms with Gasteiger partial charge in [0.05, 0.1) is 0 Å². The van der Waals surface area contributed by atoms with Crippen LogP contribution < -0.4 is 5.32 Å². The highest BCUT2D eigenvalue weighted by Gasteiger charge is 1.97. The summed E-state index contributed by atoms with van der Waals surface area (Å²) in [5.74, 6) is 0.719. The standard InChI is InChI=1S/C11H13Cl2NS/c1-14-7-9-2-4-11(5-3-9)15-8-10(13)6-12/h2-6,14H,7-8H2,1H3/b10-6-. The normalized spacial score (nSPS) is 11.8. The highest BCUT2D eigenvalue weighted by atomic mass is 35.5. The van der Waals surface area contributed by atoms with E-state index in [1.165, 1.54) is 16.0 Å². The predicted octanol–water partition coefficient (Wildman–Crippen LogP) is 3.82. The van der Waals surface area contributed by atoms with Crippen LogP contribution in [-0.2, 0) is 6.54 Å². The number of halogens is 2. The van der Waals surface area contributed by atoms with Gasteiger partial charge in [0.15, 0.2) is 0 Å². The molecule has 0 aliphatic rings. The van der Waals surface area contributed by atoms with Gasteiger partial charge in [-0.2, -0.15) is 0 Å². The summed E-state index contributed by atoms with van der Waals surface area (Å²) in [7, 11) is 1.94. The molecule has 0 aromatic heterocycles. The van der Waals surface area contributed by atoms with Gasteiger partial charge in [0, 0.05) is 27.8 Å². The van der Waals surface area contributed by atoms with Crippen LogP contribution >= 0.6 is 35.0 Å². The maximum absolute atomic E-state index is 5.79. The zero-order valence-electron chi connectivity index (χ0n) is 8.47. The molecule has 0 saturated heterocycles. The summed E-state index contributed by atoms with van der Waals surface area (Å²) in [5, 5.41) is 3.78. The third-order valence-electron chi connectivity index (χ3n) is 1.80. The number of nitrogens with one attached hydrogen (secondary N) is 1. The van der Waals surface area contributed by atoms with Crippen LogP contribution in [0.2, 0.25) is 0 Å². The fourth-order valence-corrected chi connectivity index (χ4v) is 2.14. The average Bonchev–Trinajstić information content (AvgIpc) is 2.28. The van der Waals surface area contributed by atoms with Gasteiger partial charge in [-0.15, -0.1) is 11.8 Å². The highest BCUT2D eigenvalue weighted by molar-refractivity contribution is 7.99. The van der Waals surface area contributed by atoms with E-state index >= 15 is 0 Å². The summed E-state index contributed by atoms with van der Waals surface area (Å²) >= 11 is 12.9. The summed E-state index contributed by atoms with van der Waals surface area (Å²) in [6.45, 7) is 0.896. The van der Waals surface area contributed by atoms with Crippen molar-refractivity contribution in [2.75, 3.05) is 12.8 Å². The van der Waals surface area contributed by atoms with Gasteiger partial charge in [0.2, 0.25) is 0 Å². The Kier molecular flexibility index (Phi) is 6.18. The Morgan fingerprint density at radius 3 is 2.60 bits per heavy atom. The van der Waals surface area contributed by atoms with Gasteiger partial charge in [0.1, 0.15) is 0 Å². The van der Waals surface area contributed by atoms with Gasteiger partial charge in [-0.1, -0.05) is 35.3 Å². The second-order valence-corrected chi connectivity index (χ2v) is 4.77. The van der Waals surface area contributed by atoms with E-state index in [9.17, 15) is 0 Å².